The highest BCUT2D eigenvalue weighted by molar-refractivity contribution is 5.79. The van der Waals surface area contributed by atoms with E-state index in [9.17, 15) is 9.59 Å². The molecule has 2 fully saturated rings. The van der Waals surface area contributed by atoms with Crippen molar-refractivity contribution < 1.29 is 9.59 Å². The van der Waals surface area contributed by atoms with Gasteiger partial charge < -0.3 is 16.4 Å². The average Bonchev–Trinajstić information content (AvgIpc) is 2.40. The zero-order chi connectivity index (χ0) is 13.0. The zero-order valence-corrected chi connectivity index (χ0v) is 10.8. The van der Waals surface area contributed by atoms with E-state index in [4.69, 9.17) is 5.73 Å². The van der Waals surface area contributed by atoms with E-state index in [2.05, 4.69) is 10.6 Å². The highest BCUT2D eigenvalue weighted by Crippen LogP contribution is 2.24. The summed E-state index contributed by atoms with van der Waals surface area (Å²) in [6.45, 7) is 1.87. The molecule has 1 aliphatic heterocycles. The standard InChI is InChI=1S/C13H23N3O2/c14-12(17)9-1-3-11(4-2-9)16-13(18)10-5-7-15-8-6-10/h9-11,15H,1-8H2,(H2,14,17)(H,16,18). The molecular formula is C13H23N3O2. The number of amides is 2. The Balaban J connectivity index is 1.73. The van der Waals surface area contributed by atoms with Crippen molar-refractivity contribution in [1.29, 1.82) is 0 Å². The molecule has 102 valence electrons. The Hall–Kier alpha value is -1.10. The molecule has 0 bridgehead atoms. The number of primary amides is 1. The van der Waals surface area contributed by atoms with Crippen molar-refractivity contribution in [2.75, 3.05) is 13.1 Å². The van der Waals surface area contributed by atoms with Crippen molar-refractivity contribution in [3.63, 3.8) is 0 Å². The minimum Gasteiger partial charge on any atom is -0.369 e. The topological polar surface area (TPSA) is 84.2 Å². The van der Waals surface area contributed by atoms with Gasteiger partial charge in [0.05, 0.1) is 0 Å². The fourth-order valence-electron chi connectivity index (χ4n) is 2.93. The fraction of sp³-hybridized carbons (Fsp3) is 0.846. The number of nitrogens with two attached hydrogens (primary N) is 1. The number of hydrogen-bond donors (Lipinski definition) is 3. The van der Waals surface area contributed by atoms with Crippen LogP contribution in [0.5, 0.6) is 0 Å². The summed E-state index contributed by atoms with van der Waals surface area (Å²) < 4.78 is 0. The monoisotopic (exact) mass is 253 g/mol. The lowest BCUT2D eigenvalue weighted by Gasteiger charge is -2.29. The number of carbonyl (C=O) groups excluding carboxylic acids is 2. The lowest BCUT2D eigenvalue weighted by atomic mass is 9.85. The van der Waals surface area contributed by atoms with E-state index in [0.29, 0.717) is 0 Å². The van der Waals surface area contributed by atoms with Crippen LogP contribution in [-0.2, 0) is 9.59 Å². The Kier molecular flexibility index (Phi) is 4.58. The SMILES string of the molecule is NC(=O)C1CCC(NC(=O)C2CCNCC2)CC1. The lowest BCUT2D eigenvalue weighted by molar-refractivity contribution is -0.126. The molecule has 18 heavy (non-hydrogen) atoms. The van der Waals surface area contributed by atoms with E-state index in [1.807, 2.05) is 0 Å². The van der Waals surface area contributed by atoms with E-state index >= 15 is 0 Å². The van der Waals surface area contributed by atoms with Crippen LogP contribution in [0.15, 0.2) is 0 Å². The molecule has 2 amide bonds. The van der Waals surface area contributed by atoms with Gasteiger partial charge in [0.15, 0.2) is 0 Å². The van der Waals surface area contributed by atoms with Crippen LogP contribution in [0.4, 0.5) is 0 Å². The molecule has 5 nitrogen and oxygen atoms in total. The van der Waals surface area contributed by atoms with Gasteiger partial charge in [0.2, 0.25) is 11.8 Å². The van der Waals surface area contributed by atoms with Gasteiger partial charge >= 0.3 is 0 Å². The Bertz CT molecular complexity index is 305. The van der Waals surface area contributed by atoms with E-state index in [-0.39, 0.29) is 29.7 Å². The van der Waals surface area contributed by atoms with Crippen molar-refractivity contribution in [1.82, 2.24) is 10.6 Å². The first-order chi connectivity index (χ1) is 8.66. The maximum absolute atomic E-state index is 12.1. The number of carbonyl (C=O) groups is 2. The molecule has 2 aliphatic rings. The molecule has 0 aromatic carbocycles. The van der Waals surface area contributed by atoms with Gasteiger partial charge in [-0.05, 0) is 51.6 Å². The van der Waals surface area contributed by atoms with Gasteiger partial charge in [0, 0.05) is 17.9 Å². The van der Waals surface area contributed by atoms with Crippen molar-refractivity contribution in [2.45, 2.75) is 44.6 Å². The summed E-state index contributed by atoms with van der Waals surface area (Å²) in [6.07, 6.45) is 5.25. The highest BCUT2D eigenvalue weighted by atomic mass is 16.2. The number of rotatable bonds is 3. The Morgan fingerprint density at radius 1 is 0.944 bits per heavy atom. The second-order valence-electron chi connectivity index (χ2n) is 5.48. The molecule has 0 spiro atoms. The third-order valence-corrected chi connectivity index (χ3v) is 4.19. The Morgan fingerprint density at radius 2 is 1.56 bits per heavy atom. The van der Waals surface area contributed by atoms with Gasteiger partial charge in [0.1, 0.15) is 0 Å². The first-order valence-electron chi connectivity index (χ1n) is 6.97. The molecule has 1 heterocycles. The van der Waals surface area contributed by atoms with Crippen LogP contribution in [0, 0.1) is 11.8 Å². The van der Waals surface area contributed by atoms with Crippen LogP contribution in [0.1, 0.15) is 38.5 Å². The highest BCUT2D eigenvalue weighted by Gasteiger charge is 2.28. The summed E-state index contributed by atoms with van der Waals surface area (Å²) in [4.78, 5) is 23.1. The van der Waals surface area contributed by atoms with Gasteiger partial charge in [0.25, 0.3) is 0 Å². The van der Waals surface area contributed by atoms with Gasteiger partial charge in [-0.3, -0.25) is 9.59 Å². The summed E-state index contributed by atoms with van der Waals surface area (Å²) in [5.41, 5.74) is 5.30. The molecular weight excluding hydrogens is 230 g/mol. The van der Waals surface area contributed by atoms with Crippen LogP contribution in [-0.4, -0.2) is 30.9 Å². The van der Waals surface area contributed by atoms with E-state index in [0.717, 1.165) is 51.6 Å². The zero-order valence-electron chi connectivity index (χ0n) is 10.8. The fourth-order valence-corrected chi connectivity index (χ4v) is 2.93. The Morgan fingerprint density at radius 3 is 2.11 bits per heavy atom. The van der Waals surface area contributed by atoms with Crippen LogP contribution in [0.2, 0.25) is 0 Å². The normalized spacial score (nSPS) is 29.8. The summed E-state index contributed by atoms with van der Waals surface area (Å²) in [5, 5.41) is 6.39. The molecule has 0 unspecified atom stereocenters. The second-order valence-corrected chi connectivity index (χ2v) is 5.48. The Labute approximate surface area is 108 Å². The predicted octanol–water partition coefficient (Wildman–Crippen LogP) is 0.146. The molecule has 5 heteroatoms. The maximum atomic E-state index is 12.1. The molecule has 1 saturated carbocycles. The summed E-state index contributed by atoms with van der Waals surface area (Å²) in [7, 11) is 0. The van der Waals surface area contributed by atoms with Crippen LogP contribution >= 0.6 is 0 Å². The van der Waals surface area contributed by atoms with Crippen LogP contribution in [0.25, 0.3) is 0 Å². The summed E-state index contributed by atoms with van der Waals surface area (Å²) in [6, 6.07) is 0.239. The quantitative estimate of drug-likeness (QED) is 0.669. The first kappa shape index (κ1) is 13.3. The number of piperidine rings is 1. The van der Waals surface area contributed by atoms with Crippen LogP contribution in [0.3, 0.4) is 0 Å². The molecule has 0 radical (unpaired) electrons. The largest absolute Gasteiger partial charge is 0.369 e. The molecule has 0 atom stereocenters. The smallest absolute Gasteiger partial charge is 0.223 e. The molecule has 1 aliphatic carbocycles. The first-order valence-corrected chi connectivity index (χ1v) is 6.97. The van der Waals surface area contributed by atoms with Gasteiger partial charge in [-0.2, -0.15) is 0 Å². The molecule has 1 saturated heterocycles. The third-order valence-electron chi connectivity index (χ3n) is 4.19. The molecule has 4 N–H and O–H groups in total. The number of nitrogens with one attached hydrogen (secondary N) is 2. The average molecular weight is 253 g/mol. The summed E-state index contributed by atoms with van der Waals surface area (Å²) in [5.74, 6) is 0.175. The van der Waals surface area contributed by atoms with Crippen molar-refractivity contribution in [3.8, 4) is 0 Å². The summed E-state index contributed by atoms with van der Waals surface area (Å²) >= 11 is 0. The maximum Gasteiger partial charge on any atom is 0.223 e. The van der Waals surface area contributed by atoms with Crippen molar-refractivity contribution in [3.05, 3.63) is 0 Å². The van der Waals surface area contributed by atoms with Gasteiger partial charge in [-0.1, -0.05) is 0 Å². The van der Waals surface area contributed by atoms with E-state index < -0.39 is 0 Å². The minimum absolute atomic E-state index is 0.0111. The molecule has 0 aromatic heterocycles. The van der Waals surface area contributed by atoms with Crippen molar-refractivity contribution >= 4 is 11.8 Å². The second kappa shape index (κ2) is 6.18. The van der Waals surface area contributed by atoms with E-state index in [1.54, 1.807) is 0 Å². The van der Waals surface area contributed by atoms with E-state index in [1.165, 1.54) is 0 Å². The molecule has 0 aromatic rings. The van der Waals surface area contributed by atoms with Gasteiger partial charge in [-0.25, -0.2) is 0 Å². The number of hydrogen-bond acceptors (Lipinski definition) is 3. The predicted molar refractivity (Wildman–Crippen MR) is 68.7 cm³/mol. The lowest BCUT2D eigenvalue weighted by Crippen LogP contribution is -2.44. The molecule has 2 rings (SSSR count). The van der Waals surface area contributed by atoms with Crippen LogP contribution < -0.4 is 16.4 Å². The minimum atomic E-state index is -0.196. The van der Waals surface area contributed by atoms with Gasteiger partial charge in [-0.15, -0.1) is 0 Å². The third kappa shape index (κ3) is 3.45. The van der Waals surface area contributed by atoms with Crippen molar-refractivity contribution in [2.24, 2.45) is 17.6 Å².